The van der Waals surface area contributed by atoms with Gasteiger partial charge < -0.3 is 9.64 Å². The molecule has 1 amide bonds. The van der Waals surface area contributed by atoms with Crippen LogP contribution in [0.1, 0.15) is 49.0 Å². The van der Waals surface area contributed by atoms with Crippen LogP contribution in [0.25, 0.3) is 16.5 Å². The first-order chi connectivity index (χ1) is 25.8. The van der Waals surface area contributed by atoms with Gasteiger partial charge in [-0.05, 0) is 84.3 Å². The lowest BCUT2D eigenvalue weighted by atomic mass is 9.72. The number of anilines is 1. The molecule has 2 N–H and O–H groups in total. The topological polar surface area (TPSA) is 151 Å². The van der Waals surface area contributed by atoms with Gasteiger partial charge in [0.15, 0.2) is 0 Å². The number of nitro groups is 1. The Hall–Kier alpha value is -4.95. The molecule has 1 saturated heterocycles. The van der Waals surface area contributed by atoms with Crippen molar-refractivity contribution in [3.05, 3.63) is 122 Å². The number of hydrogen-bond donors (Lipinski definition) is 2. The Morgan fingerprint density at radius 3 is 2.50 bits per heavy atom. The van der Waals surface area contributed by atoms with Crippen molar-refractivity contribution in [3.63, 3.8) is 0 Å². The smallest absolute Gasteiger partial charge is 0.289 e. The molecule has 1 aromatic heterocycles. The maximum Gasteiger partial charge on any atom is 0.289 e. The molecule has 15 heteroatoms. The fourth-order valence-corrected chi connectivity index (χ4v) is 8.36. The molecule has 0 bridgehead atoms. The van der Waals surface area contributed by atoms with Gasteiger partial charge in [0.1, 0.15) is 16.5 Å². The minimum atomic E-state index is -4.53. The summed E-state index contributed by atoms with van der Waals surface area (Å²) in [6, 6.07) is 21.5. The van der Waals surface area contributed by atoms with E-state index in [0.717, 1.165) is 80.9 Å². The van der Waals surface area contributed by atoms with E-state index in [1.165, 1.54) is 22.8 Å². The molecule has 54 heavy (non-hydrogen) atoms. The van der Waals surface area contributed by atoms with Crippen LogP contribution in [0, 0.1) is 15.5 Å². The van der Waals surface area contributed by atoms with Gasteiger partial charge >= 0.3 is 0 Å². The molecule has 0 saturated carbocycles. The van der Waals surface area contributed by atoms with Gasteiger partial charge in [-0.2, -0.15) is 5.10 Å². The number of nitro benzene ring substituents is 1. The molecule has 0 spiro atoms. The Morgan fingerprint density at radius 2 is 1.76 bits per heavy atom. The number of aromatic nitrogens is 2. The maximum atomic E-state index is 13.7. The number of ether oxygens (including phenoxy) is 1. The zero-order valence-electron chi connectivity index (χ0n) is 29.6. The number of halogens is 2. The highest BCUT2D eigenvalue weighted by Gasteiger charge is 2.30. The van der Waals surface area contributed by atoms with Gasteiger partial charge in [-0.15, -0.1) is 0 Å². The van der Waals surface area contributed by atoms with E-state index in [0.29, 0.717) is 16.7 Å². The van der Waals surface area contributed by atoms with E-state index in [1.54, 1.807) is 30.5 Å². The van der Waals surface area contributed by atoms with Crippen LogP contribution in [0.5, 0.6) is 11.5 Å². The minimum absolute atomic E-state index is 0.0492. The molecule has 0 radical (unpaired) electrons. The summed E-state index contributed by atoms with van der Waals surface area (Å²) in [6.07, 6.45) is 4.80. The van der Waals surface area contributed by atoms with Crippen LogP contribution in [0.4, 0.5) is 11.4 Å². The third-order valence-electron chi connectivity index (χ3n) is 10.1. The van der Waals surface area contributed by atoms with E-state index in [2.05, 4.69) is 46.0 Å². The van der Waals surface area contributed by atoms with Crippen LogP contribution < -0.4 is 14.4 Å². The second-order valence-corrected chi connectivity index (χ2v) is 16.9. The van der Waals surface area contributed by atoms with E-state index < -0.39 is 31.4 Å². The first kappa shape index (κ1) is 37.4. The number of piperazine rings is 1. The van der Waals surface area contributed by atoms with Gasteiger partial charge in [-0.25, -0.2) is 13.1 Å². The molecule has 280 valence electrons. The Labute approximate surface area is 322 Å². The normalized spacial score (nSPS) is 16.4. The van der Waals surface area contributed by atoms with E-state index in [4.69, 9.17) is 27.9 Å². The highest BCUT2D eigenvalue weighted by atomic mass is 35.5. The summed E-state index contributed by atoms with van der Waals surface area (Å²) in [5.41, 5.74) is 5.19. The Morgan fingerprint density at radius 1 is 1.00 bits per heavy atom. The number of hydrogen-bond acceptors (Lipinski definition) is 9. The van der Waals surface area contributed by atoms with Gasteiger partial charge in [-0.1, -0.05) is 60.8 Å². The summed E-state index contributed by atoms with van der Waals surface area (Å²) < 4.78 is 34.9. The fraction of sp³-hybridized carbons (Fsp3) is 0.282. The molecule has 12 nitrogen and oxygen atoms in total. The number of sulfonamides is 1. The average molecular weight is 790 g/mol. The van der Waals surface area contributed by atoms with Crippen molar-refractivity contribution >= 4 is 67.0 Å². The third-order valence-corrected chi connectivity index (χ3v) is 12.0. The molecule has 0 unspecified atom stereocenters. The van der Waals surface area contributed by atoms with E-state index in [1.807, 2.05) is 22.9 Å². The van der Waals surface area contributed by atoms with Gasteiger partial charge in [0.2, 0.25) is 0 Å². The van der Waals surface area contributed by atoms with Crippen molar-refractivity contribution in [3.8, 4) is 11.5 Å². The molecule has 2 heterocycles. The summed E-state index contributed by atoms with van der Waals surface area (Å²) in [6.45, 7) is 8.62. The van der Waals surface area contributed by atoms with Gasteiger partial charge in [-0.3, -0.25) is 24.9 Å². The van der Waals surface area contributed by atoms with Gasteiger partial charge in [0.25, 0.3) is 21.6 Å². The van der Waals surface area contributed by atoms with Crippen LogP contribution in [-0.4, -0.2) is 67.1 Å². The largest absolute Gasteiger partial charge is 0.456 e. The summed E-state index contributed by atoms with van der Waals surface area (Å²) in [4.78, 5) is 28.5. The zero-order valence-corrected chi connectivity index (χ0v) is 32.0. The number of rotatable bonds is 10. The summed E-state index contributed by atoms with van der Waals surface area (Å²) in [7, 11) is -4.53. The van der Waals surface area contributed by atoms with Crippen LogP contribution >= 0.6 is 23.2 Å². The number of nitrogens with one attached hydrogen (secondary N) is 2. The molecule has 1 aliphatic carbocycles. The predicted octanol–water partition coefficient (Wildman–Crippen LogP) is 8.47. The number of H-pyrrole nitrogens is 1. The number of benzene rings is 4. The first-order valence-corrected chi connectivity index (χ1v) is 19.7. The molecule has 2 aliphatic rings. The lowest BCUT2D eigenvalue weighted by Crippen LogP contribution is -2.47. The number of carbonyl (C=O) groups is 1. The van der Waals surface area contributed by atoms with Crippen molar-refractivity contribution in [2.45, 2.75) is 38.0 Å². The standard InChI is InChI=1S/C39H38Cl2N6O6S/c1-39(2)15-14-26(31(22-39)25-6-8-27(40)9-7-25)24-45-16-18-46(19-17-45)28-10-12-30(37(20-28)53-36-5-3-4-34-32(36)23-42-43-34)38(48)44-54(51,52)29-11-13-33(41)35(21-29)47(49)50/h3-13,20-21,23H,14-19,22,24H2,1-2H3,(H,42,43)(H,44,48). The van der Waals surface area contributed by atoms with Crippen LogP contribution in [0.2, 0.25) is 10.0 Å². The SMILES string of the molecule is CC1(C)CCC(CN2CCN(c3ccc(C(=O)NS(=O)(=O)c4ccc(Cl)c([N+](=O)[O-])c4)c(Oc4cccc5[nH]ncc45)c3)CC2)=C(c2ccc(Cl)cc2)C1. The third kappa shape index (κ3) is 8.09. The second kappa shape index (κ2) is 15.1. The number of nitrogens with zero attached hydrogens (tertiary/aromatic N) is 4. The van der Waals surface area contributed by atoms with E-state index in [-0.39, 0.29) is 21.8 Å². The highest BCUT2D eigenvalue weighted by Crippen LogP contribution is 2.43. The molecule has 5 aromatic rings. The molecule has 1 fully saturated rings. The maximum absolute atomic E-state index is 13.7. The van der Waals surface area contributed by atoms with E-state index >= 15 is 0 Å². The number of fused-ring (bicyclic) bond motifs is 1. The number of carbonyl (C=O) groups excluding carboxylic acids is 1. The molecule has 4 aromatic carbocycles. The quantitative estimate of drug-likeness (QED) is 0.105. The summed E-state index contributed by atoms with van der Waals surface area (Å²) >= 11 is 12.1. The van der Waals surface area contributed by atoms with E-state index in [9.17, 15) is 23.3 Å². The van der Waals surface area contributed by atoms with Crippen molar-refractivity contribution in [1.29, 1.82) is 0 Å². The number of aromatic amines is 1. The Bertz CT molecular complexity index is 2390. The van der Waals surface area contributed by atoms with Gasteiger partial charge in [0, 0.05) is 55.6 Å². The molecule has 7 rings (SSSR count). The van der Waals surface area contributed by atoms with Crippen molar-refractivity contribution in [2.24, 2.45) is 5.41 Å². The molecular weight excluding hydrogens is 751 g/mol. The zero-order chi connectivity index (χ0) is 38.2. The molecule has 0 atom stereocenters. The molecular formula is C39H38Cl2N6O6S. The monoisotopic (exact) mass is 788 g/mol. The Balaban J connectivity index is 1.13. The lowest BCUT2D eigenvalue weighted by molar-refractivity contribution is -0.384. The Kier molecular flexibility index (Phi) is 10.4. The second-order valence-electron chi connectivity index (χ2n) is 14.4. The fourth-order valence-electron chi connectivity index (χ4n) is 7.06. The van der Waals surface area contributed by atoms with Crippen LogP contribution in [0.15, 0.2) is 95.5 Å². The highest BCUT2D eigenvalue weighted by molar-refractivity contribution is 7.90. The first-order valence-electron chi connectivity index (χ1n) is 17.5. The lowest BCUT2D eigenvalue weighted by Gasteiger charge is -2.39. The number of allylic oxidation sites excluding steroid dienone is 1. The molecule has 1 aliphatic heterocycles. The van der Waals surface area contributed by atoms with Crippen LogP contribution in [-0.2, 0) is 10.0 Å². The van der Waals surface area contributed by atoms with Crippen molar-refractivity contribution in [2.75, 3.05) is 37.6 Å². The van der Waals surface area contributed by atoms with Crippen LogP contribution in [0.3, 0.4) is 0 Å². The summed E-state index contributed by atoms with van der Waals surface area (Å²) in [5, 5.41) is 19.6. The summed E-state index contributed by atoms with van der Waals surface area (Å²) in [5.74, 6) is -0.436. The number of amides is 1. The van der Waals surface area contributed by atoms with Gasteiger partial charge in [0.05, 0.1) is 32.5 Å². The minimum Gasteiger partial charge on any atom is -0.456 e. The van der Waals surface area contributed by atoms with Crippen molar-refractivity contribution < 1.29 is 22.9 Å². The average Bonchev–Trinajstić information content (AvgIpc) is 3.63. The van der Waals surface area contributed by atoms with Crippen molar-refractivity contribution in [1.82, 2.24) is 19.8 Å². The predicted molar refractivity (Wildman–Crippen MR) is 210 cm³/mol.